The van der Waals surface area contributed by atoms with Gasteiger partial charge in [-0.2, -0.15) is 0 Å². The lowest BCUT2D eigenvalue weighted by atomic mass is 10.1. The monoisotopic (exact) mass is 383 g/mol. The average molecular weight is 385 g/mol. The lowest BCUT2D eigenvalue weighted by molar-refractivity contribution is 0.0937. The fourth-order valence-electron chi connectivity index (χ4n) is 2.58. The van der Waals surface area contributed by atoms with Gasteiger partial charge in [-0.05, 0) is 51.7 Å². The SMILES string of the molecule is O=C(NC1c2ccccc2CC1Cl)c1ccc(Br)c(Cl)c1. The minimum absolute atomic E-state index is 0.128. The minimum Gasteiger partial charge on any atom is -0.344 e. The Morgan fingerprint density at radius 3 is 2.76 bits per heavy atom. The lowest BCUT2D eigenvalue weighted by Gasteiger charge is -2.17. The maximum atomic E-state index is 12.4. The molecule has 1 aliphatic carbocycles. The quantitative estimate of drug-likeness (QED) is 0.744. The first-order valence-corrected chi connectivity index (χ1v) is 8.15. The highest BCUT2D eigenvalue weighted by molar-refractivity contribution is 9.10. The Balaban J connectivity index is 1.83. The topological polar surface area (TPSA) is 29.1 Å². The van der Waals surface area contributed by atoms with Gasteiger partial charge in [0, 0.05) is 10.0 Å². The molecular weight excluding hydrogens is 373 g/mol. The molecule has 0 heterocycles. The molecule has 21 heavy (non-hydrogen) atoms. The van der Waals surface area contributed by atoms with E-state index in [0.717, 1.165) is 16.5 Å². The van der Waals surface area contributed by atoms with Crippen LogP contribution in [0.3, 0.4) is 0 Å². The van der Waals surface area contributed by atoms with Crippen LogP contribution < -0.4 is 5.32 Å². The number of halogens is 3. The van der Waals surface area contributed by atoms with Gasteiger partial charge in [-0.25, -0.2) is 0 Å². The Labute approximate surface area is 141 Å². The number of carbonyl (C=O) groups is 1. The van der Waals surface area contributed by atoms with Crippen LogP contribution in [0.15, 0.2) is 46.9 Å². The van der Waals surface area contributed by atoms with E-state index in [1.807, 2.05) is 24.3 Å². The van der Waals surface area contributed by atoms with E-state index in [4.69, 9.17) is 23.2 Å². The largest absolute Gasteiger partial charge is 0.344 e. The third-order valence-corrected chi connectivity index (χ3v) is 5.27. The van der Waals surface area contributed by atoms with Crippen molar-refractivity contribution < 1.29 is 4.79 Å². The van der Waals surface area contributed by atoms with Gasteiger partial charge < -0.3 is 5.32 Å². The first-order chi connectivity index (χ1) is 10.1. The number of nitrogens with one attached hydrogen (secondary N) is 1. The van der Waals surface area contributed by atoms with Crippen molar-refractivity contribution in [3.8, 4) is 0 Å². The second-order valence-electron chi connectivity index (χ2n) is 5.00. The Morgan fingerprint density at radius 1 is 1.24 bits per heavy atom. The smallest absolute Gasteiger partial charge is 0.251 e. The van der Waals surface area contributed by atoms with Gasteiger partial charge >= 0.3 is 0 Å². The molecule has 1 N–H and O–H groups in total. The van der Waals surface area contributed by atoms with E-state index in [1.54, 1.807) is 18.2 Å². The van der Waals surface area contributed by atoms with Gasteiger partial charge in [0.2, 0.25) is 0 Å². The zero-order valence-electron chi connectivity index (χ0n) is 10.9. The van der Waals surface area contributed by atoms with E-state index in [1.165, 1.54) is 5.56 Å². The second kappa shape index (κ2) is 5.99. The molecule has 0 fully saturated rings. The molecule has 0 aliphatic heterocycles. The highest BCUT2D eigenvalue weighted by atomic mass is 79.9. The molecule has 1 aliphatic rings. The predicted octanol–water partition coefficient (Wildman–Crippen LogP) is 4.74. The summed E-state index contributed by atoms with van der Waals surface area (Å²) in [5.41, 5.74) is 2.81. The van der Waals surface area contributed by atoms with Gasteiger partial charge in [-0.15, -0.1) is 11.6 Å². The van der Waals surface area contributed by atoms with Gasteiger partial charge in [-0.3, -0.25) is 4.79 Å². The van der Waals surface area contributed by atoms with Crippen molar-refractivity contribution in [3.63, 3.8) is 0 Å². The number of hydrogen-bond donors (Lipinski definition) is 1. The van der Waals surface area contributed by atoms with E-state index >= 15 is 0 Å². The summed E-state index contributed by atoms with van der Waals surface area (Å²) in [5, 5.41) is 3.39. The van der Waals surface area contributed by atoms with Crippen LogP contribution in [0.2, 0.25) is 5.02 Å². The highest BCUT2D eigenvalue weighted by Gasteiger charge is 2.32. The summed E-state index contributed by atoms with van der Waals surface area (Å²) in [4.78, 5) is 12.4. The molecule has 0 saturated carbocycles. The Morgan fingerprint density at radius 2 is 2.00 bits per heavy atom. The molecule has 5 heteroatoms. The number of amides is 1. The van der Waals surface area contributed by atoms with Crippen LogP contribution in [0.1, 0.15) is 27.5 Å². The molecule has 0 aromatic heterocycles. The summed E-state index contributed by atoms with van der Waals surface area (Å²) in [6.07, 6.45) is 0.768. The summed E-state index contributed by atoms with van der Waals surface area (Å²) in [5.74, 6) is -0.170. The van der Waals surface area contributed by atoms with E-state index in [0.29, 0.717) is 10.6 Å². The van der Waals surface area contributed by atoms with E-state index in [2.05, 4.69) is 21.2 Å². The molecule has 0 spiro atoms. The number of carbonyl (C=O) groups excluding carboxylic acids is 1. The first-order valence-electron chi connectivity index (χ1n) is 6.54. The van der Waals surface area contributed by atoms with E-state index in [9.17, 15) is 4.79 Å². The average Bonchev–Trinajstić information content (AvgIpc) is 2.78. The predicted molar refractivity (Wildman–Crippen MR) is 89.1 cm³/mol. The van der Waals surface area contributed by atoms with Gasteiger partial charge in [0.25, 0.3) is 5.91 Å². The summed E-state index contributed by atoms with van der Waals surface area (Å²) in [6, 6.07) is 13.0. The number of fused-ring (bicyclic) bond motifs is 1. The van der Waals surface area contributed by atoms with Crippen LogP contribution in [0, 0.1) is 0 Å². The Hall–Kier alpha value is -1.03. The van der Waals surface area contributed by atoms with Crippen LogP contribution in [0.25, 0.3) is 0 Å². The van der Waals surface area contributed by atoms with Crippen molar-refractivity contribution in [3.05, 3.63) is 68.7 Å². The Bertz CT molecular complexity index is 704. The molecule has 0 saturated heterocycles. The molecule has 2 unspecified atom stereocenters. The minimum atomic E-state index is -0.170. The number of alkyl halides is 1. The molecule has 2 aromatic carbocycles. The van der Waals surface area contributed by atoms with Gasteiger partial charge in [0.1, 0.15) is 0 Å². The normalized spacial score (nSPS) is 20.1. The maximum Gasteiger partial charge on any atom is 0.251 e. The molecule has 2 nitrogen and oxygen atoms in total. The number of hydrogen-bond acceptors (Lipinski definition) is 1. The van der Waals surface area contributed by atoms with E-state index in [-0.39, 0.29) is 17.3 Å². The fourth-order valence-corrected chi connectivity index (χ4v) is 3.37. The number of benzene rings is 2. The maximum absolute atomic E-state index is 12.4. The van der Waals surface area contributed by atoms with Crippen LogP contribution in [-0.2, 0) is 6.42 Å². The molecular formula is C16H12BrCl2NO. The van der Waals surface area contributed by atoms with Crippen molar-refractivity contribution in [1.29, 1.82) is 0 Å². The molecule has 0 radical (unpaired) electrons. The molecule has 108 valence electrons. The summed E-state index contributed by atoms with van der Waals surface area (Å²) >= 11 is 15.7. The van der Waals surface area contributed by atoms with Crippen LogP contribution >= 0.6 is 39.1 Å². The molecule has 2 atom stereocenters. The number of rotatable bonds is 2. The lowest BCUT2D eigenvalue weighted by Crippen LogP contribution is -2.31. The van der Waals surface area contributed by atoms with Crippen molar-refractivity contribution in [2.75, 3.05) is 0 Å². The third kappa shape index (κ3) is 2.96. The van der Waals surface area contributed by atoms with Crippen LogP contribution in [-0.4, -0.2) is 11.3 Å². The van der Waals surface area contributed by atoms with Crippen molar-refractivity contribution in [2.45, 2.75) is 17.8 Å². The van der Waals surface area contributed by atoms with Gasteiger partial charge in [0.15, 0.2) is 0 Å². The molecule has 3 rings (SSSR count). The van der Waals surface area contributed by atoms with Crippen LogP contribution in [0.5, 0.6) is 0 Å². The zero-order chi connectivity index (χ0) is 15.0. The van der Waals surface area contributed by atoms with Crippen molar-refractivity contribution >= 4 is 45.0 Å². The van der Waals surface area contributed by atoms with Crippen LogP contribution in [0.4, 0.5) is 0 Å². The summed E-state index contributed by atoms with van der Waals surface area (Å²) in [7, 11) is 0. The molecule has 0 bridgehead atoms. The third-order valence-electron chi connectivity index (χ3n) is 3.64. The fraction of sp³-hybridized carbons (Fsp3) is 0.188. The van der Waals surface area contributed by atoms with E-state index < -0.39 is 0 Å². The first kappa shape index (κ1) is 14.9. The molecule has 1 amide bonds. The standard InChI is InChI=1S/C16H12BrCl2NO/c17-12-6-5-10(8-13(12)18)16(21)20-15-11-4-2-1-3-9(11)7-14(15)19/h1-6,8,14-15H,7H2,(H,20,21). The van der Waals surface area contributed by atoms with Crippen molar-refractivity contribution in [2.24, 2.45) is 0 Å². The summed E-state index contributed by atoms with van der Waals surface area (Å²) in [6.45, 7) is 0. The Kier molecular flexibility index (Phi) is 4.25. The molecule has 2 aromatic rings. The van der Waals surface area contributed by atoms with Gasteiger partial charge in [0.05, 0.1) is 16.4 Å². The summed E-state index contributed by atoms with van der Waals surface area (Å²) < 4.78 is 0.766. The van der Waals surface area contributed by atoms with Crippen molar-refractivity contribution in [1.82, 2.24) is 5.32 Å². The highest BCUT2D eigenvalue weighted by Crippen LogP contribution is 2.35. The second-order valence-corrected chi connectivity index (χ2v) is 6.82. The zero-order valence-corrected chi connectivity index (χ0v) is 14.0. The van der Waals surface area contributed by atoms with Gasteiger partial charge in [-0.1, -0.05) is 35.9 Å².